The van der Waals surface area contributed by atoms with Crippen LogP contribution in [0.4, 0.5) is 0 Å². The van der Waals surface area contributed by atoms with E-state index in [9.17, 15) is 34.2 Å². The molecule has 4 unspecified atom stereocenters. The molecule has 2 aromatic carbocycles. The smallest absolute Gasteiger partial charge is 0.326 e. The van der Waals surface area contributed by atoms with Crippen LogP contribution in [0.1, 0.15) is 17.5 Å². The molecule has 38 heavy (non-hydrogen) atoms. The minimum Gasteiger partial charge on any atom is -0.508 e. The number of phenols is 1. The SMILES string of the molecule is NC(=O)CC(NC(=O)C(Cc1ccc(O)cc1)NC(=O)C(N)CO)C(=O)NC(Cc1ccccc1)C(=O)O. The minimum atomic E-state index is -1.55. The molecule has 0 radical (unpaired) electrons. The van der Waals surface area contributed by atoms with Crippen LogP contribution in [0, 0.1) is 0 Å². The second-order valence-electron chi connectivity index (χ2n) is 8.54. The normalized spacial score (nSPS) is 13.8. The average Bonchev–Trinajstić information content (AvgIpc) is 2.88. The third-order valence-electron chi connectivity index (χ3n) is 5.48. The number of phenolic OH excluding ortho intramolecular Hbond substituents is 1. The third kappa shape index (κ3) is 9.52. The lowest BCUT2D eigenvalue weighted by Gasteiger charge is -2.24. The van der Waals surface area contributed by atoms with Crippen LogP contribution in [-0.2, 0) is 36.8 Å². The van der Waals surface area contributed by atoms with Gasteiger partial charge in [-0.2, -0.15) is 0 Å². The van der Waals surface area contributed by atoms with Crippen LogP contribution >= 0.6 is 0 Å². The number of aliphatic carboxylic acids is 1. The number of nitrogens with one attached hydrogen (secondary N) is 3. The Morgan fingerprint density at radius 3 is 1.79 bits per heavy atom. The highest BCUT2D eigenvalue weighted by atomic mass is 16.4. The number of aromatic hydroxyl groups is 1. The third-order valence-corrected chi connectivity index (χ3v) is 5.48. The second kappa shape index (κ2) is 14.3. The standard InChI is InChI=1S/C25H31N5O8/c26-17(13-31)22(34)28-18(10-15-6-8-16(32)9-7-15)23(35)29-19(12-21(27)33)24(36)30-20(25(37)38)11-14-4-2-1-3-5-14/h1-9,17-20,31-32H,10-13,26H2,(H2,27,33)(H,28,34)(H,29,35)(H,30,36)(H,37,38). The first-order chi connectivity index (χ1) is 18.0. The van der Waals surface area contributed by atoms with Gasteiger partial charge in [-0.1, -0.05) is 42.5 Å². The number of carboxylic acid groups (broad SMARTS) is 1. The van der Waals surface area contributed by atoms with Crippen molar-refractivity contribution in [2.75, 3.05) is 6.61 Å². The Hall–Kier alpha value is -4.49. The van der Waals surface area contributed by atoms with Gasteiger partial charge < -0.3 is 42.7 Å². The number of carbonyl (C=O) groups excluding carboxylic acids is 4. The Bertz CT molecular complexity index is 1130. The van der Waals surface area contributed by atoms with Crippen LogP contribution in [-0.4, -0.2) is 75.7 Å². The highest BCUT2D eigenvalue weighted by Gasteiger charge is 2.31. The summed E-state index contributed by atoms with van der Waals surface area (Å²) in [5.74, 6) is -5.02. The highest BCUT2D eigenvalue weighted by Crippen LogP contribution is 2.12. The van der Waals surface area contributed by atoms with E-state index in [1.165, 1.54) is 24.3 Å². The summed E-state index contributed by atoms with van der Waals surface area (Å²) in [6.07, 6.45) is -0.810. The number of aliphatic hydroxyl groups excluding tert-OH is 1. The molecule has 0 aliphatic heterocycles. The minimum absolute atomic E-state index is 0.0252. The molecule has 0 bridgehead atoms. The van der Waals surface area contributed by atoms with Gasteiger partial charge in [0.05, 0.1) is 13.0 Å². The second-order valence-corrected chi connectivity index (χ2v) is 8.54. The lowest BCUT2D eigenvalue weighted by molar-refractivity contribution is -0.142. The number of aliphatic hydroxyl groups is 1. The predicted octanol–water partition coefficient (Wildman–Crippen LogP) is -2.09. The topological polar surface area (TPSA) is 234 Å². The van der Waals surface area contributed by atoms with E-state index in [4.69, 9.17) is 16.6 Å². The van der Waals surface area contributed by atoms with E-state index in [-0.39, 0.29) is 18.6 Å². The molecule has 0 aromatic heterocycles. The summed E-state index contributed by atoms with van der Waals surface area (Å²) in [7, 11) is 0. The maximum atomic E-state index is 13.1. The van der Waals surface area contributed by atoms with Gasteiger partial charge in [-0.3, -0.25) is 19.2 Å². The van der Waals surface area contributed by atoms with E-state index in [1.54, 1.807) is 30.3 Å². The van der Waals surface area contributed by atoms with E-state index in [1.807, 2.05) is 0 Å². The van der Waals surface area contributed by atoms with E-state index in [2.05, 4.69) is 16.0 Å². The van der Waals surface area contributed by atoms with E-state index >= 15 is 0 Å². The number of benzene rings is 2. The van der Waals surface area contributed by atoms with Crippen molar-refractivity contribution >= 4 is 29.6 Å². The Morgan fingerprint density at radius 1 is 0.737 bits per heavy atom. The van der Waals surface area contributed by atoms with Crippen LogP contribution < -0.4 is 27.4 Å². The molecule has 13 nitrogen and oxygen atoms in total. The number of amides is 4. The molecule has 0 saturated carbocycles. The van der Waals surface area contributed by atoms with Gasteiger partial charge in [0.15, 0.2) is 0 Å². The van der Waals surface area contributed by atoms with Gasteiger partial charge in [-0.15, -0.1) is 0 Å². The van der Waals surface area contributed by atoms with Gasteiger partial charge in [0.2, 0.25) is 23.6 Å². The largest absolute Gasteiger partial charge is 0.508 e. The fourth-order valence-electron chi connectivity index (χ4n) is 3.44. The molecule has 2 rings (SSSR count). The molecule has 4 amide bonds. The van der Waals surface area contributed by atoms with Crippen LogP contribution in [0.25, 0.3) is 0 Å². The zero-order chi connectivity index (χ0) is 28.2. The number of rotatable bonds is 14. The molecule has 10 N–H and O–H groups in total. The quantitative estimate of drug-likeness (QED) is 0.134. The Kier molecular flexibility index (Phi) is 11.2. The molecule has 13 heteroatoms. The molecular formula is C25H31N5O8. The summed E-state index contributed by atoms with van der Waals surface area (Å²) in [6.45, 7) is -0.690. The van der Waals surface area contributed by atoms with Crippen molar-refractivity contribution in [3.8, 4) is 5.75 Å². The summed E-state index contributed by atoms with van der Waals surface area (Å²) in [5.41, 5.74) is 11.9. The molecule has 0 spiro atoms. The summed E-state index contributed by atoms with van der Waals surface area (Å²) >= 11 is 0. The first-order valence-electron chi connectivity index (χ1n) is 11.6. The molecule has 0 fully saturated rings. The monoisotopic (exact) mass is 529 g/mol. The number of primary amides is 1. The molecule has 4 atom stereocenters. The van der Waals surface area contributed by atoms with Gasteiger partial charge >= 0.3 is 5.97 Å². The molecule has 0 heterocycles. The summed E-state index contributed by atoms with van der Waals surface area (Å²) in [5, 5.41) is 35.3. The number of nitrogens with two attached hydrogens (primary N) is 2. The van der Waals surface area contributed by atoms with Crippen molar-refractivity contribution in [3.63, 3.8) is 0 Å². The van der Waals surface area contributed by atoms with Crippen molar-refractivity contribution in [1.82, 2.24) is 16.0 Å². The molecule has 204 valence electrons. The molecule has 0 aliphatic rings. The maximum Gasteiger partial charge on any atom is 0.326 e. The Labute approximate surface area is 218 Å². The zero-order valence-electron chi connectivity index (χ0n) is 20.4. The number of hydrogen-bond acceptors (Lipinski definition) is 8. The van der Waals surface area contributed by atoms with E-state index in [0.717, 1.165) is 0 Å². The van der Waals surface area contributed by atoms with Crippen molar-refractivity contribution < 1.29 is 39.3 Å². The van der Waals surface area contributed by atoms with Crippen LogP contribution in [0.2, 0.25) is 0 Å². The average molecular weight is 530 g/mol. The van der Waals surface area contributed by atoms with Gasteiger partial charge in [0.1, 0.15) is 29.9 Å². The van der Waals surface area contributed by atoms with Gasteiger partial charge in [0, 0.05) is 12.8 Å². The maximum absolute atomic E-state index is 13.1. The fourth-order valence-corrected chi connectivity index (χ4v) is 3.44. The first-order valence-corrected chi connectivity index (χ1v) is 11.6. The van der Waals surface area contributed by atoms with Crippen molar-refractivity contribution in [2.24, 2.45) is 11.5 Å². The lowest BCUT2D eigenvalue weighted by Crippen LogP contribution is -2.58. The van der Waals surface area contributed by atoms with Gasteiger partial charge in [-0.05, 0) is 23.3 Å². The van der Waals surface area contributed by atoms with Crippen LogP contribution in [0.3, 0.4) is 0 Å². The van der Waals surface area contributed by atoms with Crippen LogP contribution in [0.15, 0.2) is 54.6 Å². The lowest BCUT2D eigenvalue weighted by atomic mass is 10.0. The summed E-state index contributed by atoms with van der Waals surface area (Å²) < 4.78 is 0. The molecule has 2 aromatic rings. The molecule has 0 saturated heterocycles. The van der Waals surface area contributed by atoms with Crippen molar-refractivity contribution in [1.29, 1.82) is 0 Å². The Morgan fingerprint density at radius 2 is 1.24 bits per heavy atom. The van der Waals surface area contributed by atoms with E-state index < -0.39 is 66.8 Å². The molecular weight excluding hydrogens is 498 g/mol. The summed E-state index contributed by atoms with van der Waals surface area (Å²) in [4.78, 5) is 61.8. The highest BCUT2D eigenvalue weighted by molar-refractivity contribution is 5.96. The fraction of sp³-hybridized carbons (Fsp3) is 0.320. The number of hydrogen-bond donors (Lipinski definition) is 8. The summed E-state index contributed by atoms with van der Waals surface area (Å²) in [6, 6.07) is 8.70. The van der Waals surface area contributed by atoms with Crippen LogP contribution in [0.5, 0.6) is 5.75 Å². The van der Waals surface area contributed by atoms with Gasteiger partial charge in [0.25, 0.3) is 0 Å². The Balaban J connectivity index is 2.22. The molecule has 0 aliphatic carbocycles. The van der Waals surface area contributed by atoms with Crippen molar-refractivity contribution in [2.45, 2.75) is 43.4 Å². The first kappa shape index (κ1) is 29.7. The number of carbonyl (C=O) groups is 5. The zero-order valence-corrected chi connectivity index (χ0v) is 20.4. The predicted molar refractivity (Wildman–Crippen MR) is 134 cm³/mol. The van der Waals surface area contributed by atoms with Gasteiger partial charge in [-0.25, -0.2) is 4.79 Å². The van der Waals surface area contributed by atoms with Crippen molar-refractivity contribution in [3.05, 3.63) is 65.7 Å². The number of carboxylic acids is 1. The van der Waals surface area contributed by atoms with E-state index in [0.29, 0.717) is 11.1 Å².